The summed E-state index contributed by atoms with van der Waals surface area (Å²) in [5.74, 6) is 0.652. The second kappa shape index (κ2) is 5.41. The molecule has 0 heterocycles. The number of rotatable bonds is 6. The Morgan fingerprint density at radius 1 is 1.38 bits per heavy atom. The molecule has 0 amide bonds. The second-order valence-electron chi connectivity index (χ2n) is 4.41. The quantitative estimate of drug-likeness (QED) is 0.752. The first-order chi connectivity index (χ1) is 7.79. The predicted molar refractivity (Wildman–Crippen MR) is 61.3 cm³/mol. The van der Waals surface area contributed by atoms with Crippen LogP contribution in [-0.2, 0) is 17.9 Å². The van der Waals surface area contributed by atoms with Gasteiger partial charge in [-0.3, -0.25) is 0 Å². The minimum absolute atomic E-state index is 0.214. The summed E-state index contributed by atoms with van der Waals surface area (Å²) in [6.07, 6.45) is 3.79. The lowest BCUT2D eigenvalue weighted by molar-refractivity contribution is 0.113. The molecule has 1 aliphatic rings. The lowest BCUT2D eigenvalue weighted by atomic mass is 10.1. The van der Waals surface area contributed by atoms with Gasteiger partial charge in [0.05, 0.1) is 6.61 Å². The van der Waals surface area contributed by atoms with Gasteiger partial charge in [-0.15, -0.1) is 0 Å². The third-order valence-electron chi connectivity index (χ3n) is 2.98. The summed E-state index contributed by atoms with van der Waals surface area (Å²) in [6, 6.07) is 5.09. The zero-order valence-electron chi connectivity index (χ0n) is 9.42. The van der Waals surface area contributed by atoms with Crippen molar-refractivity contribution in [2.45, 2.75) is 32.4 Å². The molecule has 0 spiro atoms. The van der Waals surface area contributed by atoms with E-state index in [9.17, 15) is 4.39 Å². The van der Waals surface area contributed by atoms with Crippen molar-refractivity contribution >= 4 is 0 Å². The third-order valence-corrected chi connectivity index (χ3v) is 2.98. The standard InChI is InChI=1S/C13H18FNO/c14-13-7-11(8-15)3-4-12(13)9-16-6-5-10-1-2-10/h3-4,7,10H,1-2,5-6,8-9,15H2. The maximum Gasteiger partial charge on any atom is 0.129 e. The van der Waals surface area contributed by atoms with Crippen LogP contribution in [0.25, 0.3) is 0 Å². The van der Waals surface area contributed by atoms with E-state index in [2.05, 4.69) is 0 Å². The summed E-state index contributed by atoms with van der Waals surface area (Å²) >= 11 is 0. The molecule has 1 aromatic rings. The van der Waals surface area contributed by atoms with Crippen LogP contribution in [-0.4, -0.2) is 6.61 Å². The number of nitrogens with two attached hydrogens (primary N) is 1. The minimum atomic E-state index is -0.214. The van der Waals surface area contributed by atoms with Crippen molar-refractivity contribution in [2.75, 3.05) is 6.61 Å². The van der Waals surface area contributed by atoms with Crippen molar-refractivity contribution in [2.24, 2.45) is 11.7 Å². The molecule has 2 N–H and O–H groups in total. The zero-order chi connectivity index (χ0) is 11.4. The van der Waals surface area contributed by atoms with Crippen molar-refractivity contribution in [3.05, 3.63) is 35.1 Å². The van der Waals surface area contributed by atoms with Gasteiger partial charge in [-0.05, 0) is 24.0 Å². The molecule has 0 radical (unpaired) electrons. The van der Waals surface area contributed by atoms with E-state index < -0.39 is 0 Å². The first kappa shape index (κ1) is 11.6. The molecule has 88 valence electrons. The lowest BCUT2D eigenvalue weighted by Crippen LogP contribution is -2.01. The van der Waals surface area contributed by atoms with Crippen molar-refractivity contribution in [3.8, 4) is 0 Å². The van der Waals surface area contributed by atoms with Gasteiger partial charge >= 0.3 is 0 Å². The Morgan fingerprint density at radius 2 is 2.19 bits per heavy atom. The van der Waals surface area contributed by atoms with Gasteiger partial charge in [0.1, 0.15) is 5.82 Å². The molecule has 2 nitrogen and oxygen atoms in total. The Labute approximate surface area is 95.6 Å². The monoisotopic (exact) mass is 223 g/mol. The van der Waals surface area contributed by atoms with Gasteiger partial charge in [-0.1, -0.05) is 25.0 Å². The van der Waals surface area contributed by atoms with Crippen molar-refractivity contribution in [1.82, 2.24) is 0 Å². The van der Waals surface area contributed by atoms with Gasteiger partial charge in [-0.25, -0.2) is 4.39 Å². The van der Waals surface area contributed by atoms with Crippen LogP contribution in [0.4, 0.5) is 4.39 Å². The molecule has 3 heteroatoms. The zero-order valence-corrected chi connectivity index (χ0v) is 9.42. The molecule has 1 aliphatic carbocycles. The van der Waals surface area contributed by atoms with Gasteiger partial charge in [0.25, 0.3) is 0 Å². The number of benzene rings is 1. The predicted octanol–water partition coefficient (Wildman–Crippen LogP) is 2.60. The van der Waals surface area contributed by atoms with Crippen LogP contribution in [0.2, 0.25) is 0 Å². The van der Waals surface area contributed by atoms with E-state index in [0.29, 0.717) is 18.7 Å². The minimum Gasteiger partial charge on any atom is -0.377 e. The summed E-state index contributed by atoms with van der Waals surface area (Å²) in [7, 11) is 0. The van der Waals surface area contributed by atoms with Crippen molar-refractivity contribution < 1.29 is 9.13 Å². The van der Waals surface area contributed by atoms with E-state index in [0.717, 1.165) is 24.5 Å². The first-order valence-corrected chi connectivity index (χ1v) is 5.84. The lowest BCUT2D eigenvalue weighted by Gasteiger charge is -2.06. The summed E-state index contributed by atoms with van der Waals surface area (Å²) < 4.78 is 19.0. The average Bonchev–Trinajstić information content (AvgIpc) is 3.10. The molecule has 2 rings (SSSR count). The summed E-state index contributed by atoms with van der Waals surface area (Å²) in [5, 5.41) is 0. The van der Waals surface area contributed by atoms with Crippen LogP contribution in [0.1, 0.15) is 30.4 Å². The first-order valence-electron chi connectivity index (χ1n) is 5.84. The van der Waals surface area contributed by atoms with E-state index in [4.69, 9.17) is 10.5 Å². The van der Waals surface area contributed by atoms with Crippen molar-refractivity contribution in [1.29, 1.82) is 0 Å². The average molecular weight is 223 g/mol. The van der Waals surface area contributed by atoms with E-state index in [1.54, 1.807) is 6.07 Å². The molecule has 1 fully saturated rings. The van der Waals surface area contributed by atoms with Gasteiger partial charge in [0.2, 0.25) is 0 Å². The normalized spacial score (nSPS) is 15.4. The summed E-state index contributed by atoms with van der Waals surface area (Å²) in [4.78, 5) is 0. The number of halogens is 1. The molecule has 0 unspecified atom stereocenters. The van der Waals surface area contributed by atoms with Crippen LogP contribution >= 0.6 is 0 Å². The Kier molecular flexibility index (Phi) is 3.91. The molecule has 0 saturated heterocycles. The van der Waals surface area contributed by atoms with Gasteiger partial charge < -0.3 is 10.5 Å². The molecular weight excluding hydrogens is 205 g/mol. The highest BCUT2D eigenvalue weighted by atomic mass is 19.1. The van der Waals surface area contributed by atoms with Crippen LogP contribution < -0.4 is 5.73 Å². The Bertz CT molecular complexity index is 350. The number of hydrogen-bond acceptors (Lipinski definition) is 2. The van der Waals surface area contributed by atoms with Crippen LogP contribution in [0, 0.1) is 11.7 Å². The Morgan fingerprint density at radius 3 is 2.81 bits per heavy atom. The van der Waals surface area contributed by atoms with Crippen LogP contribution in [0.3, 0.4) is 0 Å². The van der Waals surface area contributed by atoms with Gasteiger partial charge in [0, 0.05) is 18.7 Å². The Balaban J connectivity index is 1.78. The fourth-order valence-electron chi connectivity index (χ4n) is 1.67. The van der Waals surface area contributed by atoms with Gasteiger partial charge in [0.15, 0.2) is 0 Å². The maximum atomic E-state index is 13.5. The molecule has 0 bridgehead atoms. The highest BCUT2D eigenvalue weighted by molar-refractivity contribution is 5.23. The van der Waals surface area contributed by atoms with Gasteiger partial charge in [-0.2, -0.15) is 0 Å². The van der Waals surface area contributed by atoms with Crippen LogP contribution in [0.5, 0.6) is 0 Å². The molecular formula is C13H18FNO. The molecule has 16 heavy (non-hydrogen) atoms. The SMILES string of the molecule is NCc1ccc(COCCC2CC2)c(F)c1. The molecule has 1 saturated carbocycles. The fraction of sp³-hybridized carbons (Fsp3) is 0.538. The second-order valence-corrected chi connectivity index (χ2v) is 4.41. The highest BCUT2D eigenvalue weighted by Gasteiger charge is 2.20. The van der Waals surface area contributed by atoms with E-state index >= 15 is 0 Å². The Hall–Kier alpha value is -0.930. The third kappa shape index (κ3) is 3.29. The molecule has 1 aromatic carbocycles. The largest absolute Gasteiger partial charge is 0.377 e. The number of ether oxygens (including phenoxy) is 1. The maximum absolute atomic E-state index is 13.5. The number of hydrogen-bond donors (Lipinski definition) is 1. The summed E-state index contributed by atoms with van der Waals surface area (Å²) in [5.41, 5.74) is 6.87. The van der Waals surface area contributed by atoms with E-state index in [-0.39, 0.29) is 5.82 Å². The van der Waals surface area contributed by atoms with E-state index in [1.165, 1.54) is 18.9 Å². The van der Waals surface area contributed by atoms with Crippen molar-refractivity contribution in [3.63, 3.8) is 0 Å². The smallest absolute Gasteiger partial charge is 0.129 e. The topological polar surface area (TPSA) is 35.2 Å². The molecule has 0 aliphatic heterocycles. The molecule has 0 aromatic heterocycles. The summed E-state index contributed by atoms with van der Waals surface area (Å²) in [6.45, 7) is 1.48. The van der Waals surface area contributed by atoms with E-state index in [1.807, 2.05) is 6.07 Å². The highest BCUT2D eigenvalue weighted by Crippen LogP contribution is 2.32. The van der Waals surface area contributed by atoms with Crippen LogP contribution in [0.15, 0.2) is 18.2 Å². The fourth-order valence-corrected chi connectivity index (χ4v) is 1.67. The molecule has 0 atom stereocenters.